The van der Waals surface area contributed by atoms with Crippen LogP contribution in [0, 0.1) is 0 Å². The van der Waals surface area contributed by atoms with E-state index in [0.717, 1.165) is 22.4 Å². The van der Waals surface area contributed by atoms with Gasteiger partial charge in [0.15, 0.2) is 8.32 Å². The fourth-order valence-electron chi connectivity index (χ4n) is 3.76. The Balaban J connectivity index is 1.60. The Kier molecular flexibility index (Phi) is 5.78. The number of benzene rings is 1. The lowest BCUT2D eigenvalue weighted by Gasteiger charge is -2.36. The number of rotatable bonds is 6. The first-order valence-corrected chi connectivity index (χ1v) is 14.2. The molecule has 8 heteroatoms. The van der Waals surface area contributed by atoms with E-state index in [0.29, 0.717) is 24.9 Å². The Morgan fingerprint density at radius 1 is 1.03 bits per heavy atom. The van der Waals surface area contributed by atoms with Gasteiger partial charge in [-0.1, -0.05) is 26.8 Å². The topological polar surface area (TPSA) is 81.4 Å². The van der Waals surface area contributed by atoms with Gasteiger partial charge in [-0.3, -0.25) is 9.78 Å². The van der Waals surface area contributed by atoms with Crippen LogP contribution < -0.4 is 4.90 Å². The van der Waals surface area contributed by atoms with Crippen molar-refractivity contribution in [3.63, 3.8) is 0 Å². The number of carbonyl (C=O) groups excluding carboxylic acids is 1. The third-order valence-corrected chi connectivity index (χ3v) is 11.5. The van der Waals surface area contributed by atoms with Gasteiger partial charge in [0.25, 0.3) is 0 Å². The Hall–Kier alpha value is -2.84. The normalized spacial score (nSPS) is 15.7. The zero-order valence-corrected chi connectivity index (χ0v) is 21.5. The molecule has 0 unspecified atom stereocenters. The van der Waals surface area contributed by atoms with Crippen LogP contribution in [0.5, 0.6) is 0 Å². The molecule has 0 fully saturated rings. The van der Waals surface area contributed by atoms with E-state index in [4.69, 9.17) is 8.84 Å². The maximum Gasteiger partial charge on any atom is 0.248 e. The zero-order valence-electron chi connectivity index (χ0n) is 20.5. The minimum atomic E-state index is -1.89. The molecule has 0 N–H and O–H groups in total. The number of aromatic nitrogens is 3. The van der Waals surface area contributed by atoms with Gasteiger partial charge in [-0.25, -0.2) is 0 Å². The van der Waals surface area contributed by atoms with Crippen LogP contribution in [0.4, 0.5) is 5.69 Å². The number of fused-ring (bicyclic) bond motifs is 1. The standard InChI is InChI=1S/C25H32N4O3Si/c1-24(2,3)33(6,7)31-15-14-29-20-16-18(8-9-19(20)25(4,5)23(29)30)22-28-27-21(32-22)17-10-12-26-13-11-17/h8-13,16H,14-15H2,1-7H3. The molecule has 0 saturated carbocycles. The predicted octanol–water partition coefficient (Wildman–Crippen LogP) is 5.44. The van der Waals surface area contributed by atoms with Crippen LogP contribution in [0.25, 0.3) is 22.9 Å². The van der Waals surface area contributed by atoms with Gasteiger partial charge in [-0.05, 0) is 61.8 Å². The maximum atomic E-state index is 13.3. The van der Waals surface area contributed by atoms with Crippen molar-refractivity contribution in [1.29, 1.82) is 0 Å². The number of anilines is 1. The molecule has 3 heterocycles. The van der Waals surface area contributed by atoms with Gasteiger partial charge in [0.05, 0.1) is 12.0 Å². The molecule has 7 nitrogen and oxygen atoms in total. The van der Waals surface area contributed by atoms with Crippen molar-refractivity contribution in [1.82, 2.24) is 15.2 Å². The summed E-state index contributed by atoms with van der Waals surface area (Å²) in [5, 5.41) is 8.53. The number of pyridine rings is 1. The second kappa shape index (κ2) is 8.18. The van der Waals surface area contributed by atoms with Crippen molar-refractivity contribution in [2.45, 2.75) is 58.2 Å². The Labute approximate surface area is 196 Å². The molecule has 0 bridgehead atoms. The van der Waals surface area contributed by atoms with E-state index in [1.165, 1.54) is 0 Å². The lowest BCUT2D eigenvalue weighted by atomic mass is 9.86. The van der Waals surface area contributed by atoms with Crippen molar-refractivity contribution < 1.29 is 13.6 Å². The molecule has 1 aromatic carbocycles. The van der Waals surface area contributed by atoms with Crippen molar-refractivity contribution >= 4 is 19.9 Å². The highest BCUT2D eigenvalue weighted by Crippen LogP contribution is 2.43. The molecule has 2 aromatic heterocycles. The van der Waals surface area contributed by atoms with Crippen LogP contribution in [-0.2, 0) is 14.6 Å². The van der Waals surface area contributed by atoms with Gasteiger partial charge in [0, 0.05) is 35.8 Å². The monoisotopic (exact) mass is 464 g/mol. The quantitative estimate of drug-likeness (QED) is 0.452. The van der Waals surface area contributed by atoms with Crippen LogP contribution >= 0.6 is 0 Å². The summed E-state index contributed by atoms with van der Waals surface area (Å²) in [5.74, 6) is 0.930. The average Bonchev–Trinajstić information content (AvgIpc) is 3.32. The molecule has 0 saturated heterocycles. The Morgan fingerprint density at radius 3 is 2.30 bits per heavy atom. The van der Waals surface area contributed by atoms with Gasteiger partial charge in [-0.15, -0.1) is 10.2 Å². The molecular formula is C25H32N4O3Si. The lowest BCUT2D eigenvalue weighted by Crippen LogP contribution is -2.44. The fourth-order valence-corrected chi connectivity index (χ4v) is 4.79. The number of hydrogen-bond donors (Lipinski definition) is 0. The highest BCUT2D eigenvalue weighted by atomic mass is 28.4. The Morgan fingerprint density at radius 2 is 1.67 bits per heavy atom. The third kappa shape index (κ3) is 4.25. The Bertz CT molecular complexity index is 1170. The van der Waals surface area contributed by atoms with E-state index < -0.39 is 13.7 Å². The summed E-state index contributed by atoms with van der Waals surface area (Å²) in [4.78, 5) is 19.2. The van der Waals surface area contributed by atoms with Crippen molar-refractivity contribution in [2.24, 2.45) is 0 Å². The van der Waals surface area contributed by atoms with Gasteiger partial charge < -0.3 is 13.7 Å². The van der Waals surface area contributed by atoms with Crippen molar-refractivity contribution in [3.8, 4) is 22.9 Å². The van der Waals surface area contributed by atoms with Gasteiger partial charge in [0.2, 0.25) is 17.7 Å². The van der Waals surface area contributed by atoms with Crippen molar-refractivity contribution in [2.75, 3.05) is 18.1 Å². The molecule has 3 aromatic rings. The van der Waals surface area contributed by atoms with E-state index in [9.17, 15) is 4.79 Å². The van der Waals surface area contributed by atoms with Gasteiger partial charge in [0.1, 0.15) is 0 Å². The van der Waals surface area contributed by atoms with Crippen LogP contribution in [-0.4, -0.2) is 42.6 Å². The molecule has 0 atom stereocenters. The highest BCUT2D eigenvalue weighted by molar-refractivity contribution is 6.74. The minimum Gasteiger partial charge on any atom is -0.416 e. The van der Waals surface area contributed by atoms with E-state index in [2.05, 4.69) is 49.0 Å². The first-order valence-electron chi connectivity index (χ1n) is 11.3. The summed E-state index contributed by atoms with van der Waals surface area (Å²) in [5.41, 5.74) is 2.87. The summed E-state index contributed by atoms with van der Waals surface area (Å²) in [6.07, 6.45) is 3.37. The molecule has 1 aliphatic rings. The van der Waals surface area contributed by atoms with E-state index in [-0.39, 0.29) is 10.9 Å². The van der Waals surface area contributed by atoms with Crippen LogP contribution in [0.15, 0.2) is 47.1 Å². The highest BCUT2D eigenvalue weighted by Gasteiger charge is 2.44. The molecule has 4 rings (SSSR count). The first kappa shape index (κ1) is 23.3. The SMILES string of the molecule is CC1(C)C(=O)N(CCO[Si](C)(C)C(C)(C)C)c2cc(-c3nnc(-c4ccncc4)o3)ccc21. The molecule has 174 valence electrons. The number of nitrogens with zero attached hydrogens (tertiary/aromatic N) is 4. The molecule has 0 radical (unpaired) electrons. The van der Waals surface area contributed by atoms with Crippen LogP contribution in [0.1, 0.15) is 40.2 Å². The van der Waals surface area contributed by atoms with Crippen LogP contribution in [0.2, 0.25) is 18.1 Å². The largest absolute Gasteiger partial charge is 0.416 e. The predicted molar refractivity (Wildman–Crippen MR) is 131 cm³/mol. The second-order valence-corrected chi connectivity index (χ2v) is 15.4. The van der Waals surface area contributed by atoms with Crippen molar-refractivity contribution in [3.05, 3.63) is 48.3 Å². The van der Waals surface area contributed by atoms with E-state index in [1.54, 1.807) is 12.4 Å². The van der Waals surface area contributed by atoms with Crippen LogP contribution in [0.3, 0.4) is 0 Å². The molecule has 1 aliphatic heterocycles. The molecule has 1 amide bonds. The lowest BCUT2D eigenvalue weighted by molar-refractivity contribution is -0.122. The first-order chi connectivity index (χ1) is 15.4. The third-order valence-electron chi connectivity index (χ3n) is 6.92. The zero-order chi connectivity index (χ0) is 24.0. The van der Waals surface area contributed by atoms with Gasteiger partial charge in [-0.2, -0.15) is 0 Å². The summed E-state index contributed by atoms with van der Waals surface area (Å²) in [6, 6.07) is 9.55. The molecule has 0 aliphatic carbocycles. The fraction of sp³-hybridized carbons (Fsp3) is 0.440. The molecule has 0 spiro atoms. The van der Waals surface area contributed by atoms with E-state index in [1.807, 2.05) is 49.1 Å². The number of hydrogen-bond acceptors (Lipinski definition) is 6. The maximum absolute atomic E-state index is 13.3. The number of amides is 1. The molecule has 33 heavy (non-hydrogen) atoms. The smallest absolute Gasteiger partial charge is 0.248 e. The summed E-state index contributed by atoms with van der Waals surface area (Å²) in [6.45, 7) is 16.1. The molecular weight excluding hydrogens is 432 g/mol. The summed E-state index contributed by atoms with van der Waals surface area (Å²) < 4.78 is 12.3. The second-order valence-electron chi connectivity index (χ2n) is 10.6. The van der Waals surface area contributed by atoms with Gasteiger partial charge >= 0.3 is 0 Å². The summed E-state index contributed by atoms with van der Waals surface area (Å²) >= 11 is 0. The number of carbonyl (C=O) groups is 1. The van der Waals surface area contributed by atoms with E-state index >= 15 is 0 Å². The minimum absolute atomic E-state index is 0.0801. The average molecular weight is 465 g/mol. The summed E-state index contributed by atoms with van der Waals surface area (Å²) in [7, 11) is -1.89.